The zero-order chi connectivity index (χ0) is 7.68. The highest BCUT2D eigenvalue weighted by molar-refractivity contribution is 14.1. The standard InChI is InChI=1S/C9H6IN/c10-8-3-4-9-7(6-8)2-1-5-11-9/h1-6H. The molecule has 1 heterocycles. The van der Waals surface area contributed by atoms with E-state index < -0.39 is 0 Å². The summed E-state index contributed by atoms with van der Waals surface area (Å²) in [5.41, 5.74) is 1.06. The highest BCUT2D eigenvalue weighted by Crippen LogP contribution is 2.14. The van der Waals surface area contributed by atoms with E-state index in [1.54, 1.807) is 0 Å². The van der Waals surface area contributed by atoms with Gasteiger partial charge in [0.2, 0.25) is 0 Å². The number of nitrogens with zero attached hydrogens (tertiary/aromatic N) is 1. The topological polar surface area (TPSA) is 12.9 Å². The fourth-order valence-electron chi connectivity index (χ4n) is 1.05. The van der Waals surface area contributed by atoms with Crippen molar-refractivity contribution in [3.8, 4) is 0 Å². The first-order valence-corrected chi connectivity index (χ1v) is 4.44. The summed E-state index contributed by atoms with van der Waals surface area (Å²) in [6.07, 6.45) is 1.81. The van der Waals surface area contributed by atoms with Gasteiger partial charge >= 0.3 is 0 Å². The van der Waals surface area contributed by atoms with Gasteiger partial charge in [0.15, 0.2) is 0 Å². The molecule has 1 nitrogen and oxygen atoms in total. The maximum absolute atomic E-state index is 4.22. The number of benzene rings is 1. The SMILES string of the molecule is Ic1ccc2ncccc2c1. The molecule has 0 aliphatic rings. The molecule has 2 rings (SSSR count). The van der Waals surface area contributed by atoms with Crippen LogP contribution in [0.3, 0.4) is 0 Å². The maximum atomic E-state index is 4.22. The lowest BCUT2D eigenvalue weighted by atomic mass is 10.2. The monoisotopic (exact) mass is 255 g/mol. The minimum atomic E-state index is 1.06. The number of halogens is 1. The highest BCUT2D eigenvalue weighted by Gasteiger charge is 1.91. The van der Waals surface area contributed by atoms with Crippen molar-refractivity contribution in [2.24, 2.45) is 0 Å². The molecule has 0 fully saturated rings. The third-order valence-corrected chi connectivity index (χ3v) is 2.24. The molecular weight excluding hydrogens is 249 g/mol. The predicted octanol–water partition coefficient (Wildman–Crippen LogP) is 2.84. The zero-order valence-electron chi connectivity index (χ0n) is 5.79. The van der Waals surface area contributed by atoms with Gasteiger partial charge in [0, 0.05) is 15.2 Å². The normalized spacial score (nSPS) is 10.3. The molecular formula is C9H6IN. The molecule has 0 bridgehead atoms. The van der Waals surface area contributed by atoms with E-state index in [1.807, 2.05) is 18.3 Å². The van der Waals surface area contributed by atoms with Crippen LogP contribution in [-0.2, 0) is 0 Å². The van der Waals surface area contributed by atoms with E-state index in [9.17, 15) is 0 Å². The van der Waals surface area contributed by atoms with Crippen molar-refractivity contribution in [3.05, 3.63) is 40.1 Å². The van der Waals surface area contributed by atoms with Crippen molar-refractivity contribution >= 4 is 33.5 Å². The summed E-state index contributed by atoms with van der Waals surface area (Å²) in [6, 6.07) is 10.3. The van der Waals surface area contributed by atoms with Gasteiger partial charge in [-0.15, -0.1) is 0 Å². The van der Waals surface area contributed by atoms with Crippen LogP contribution >= 0.6 is 22.6 Å². The molecule has 0 N–H and O–H groups in total. The number of hydrogen-bond donors (Lipinski definition) is 0. The van der Waals surface area contributed by atoms with E-state index in [1.165, 1.54) is 8.96 Å². The molecule has 1 aromatic heterocycles. The van der Waals surface area contributed by atoms with E-state index in [0.717, 1.165) is 5.52 Å². The fourth-order valence-corrected chi connectivity index (χ4v) is 1.56. The summed E-state index contributed by atoms with van der Waals surface area (Å²) in [5, 5.41) is 1.21. The fraction of sp³-hybridized carbons (Fsp3) is 0. The minimum Gasteiger partial charge on any atom is -0.256 e. The van der Waals surface area contributed by atoms with Crippen molar-refractivity contribution in [2.45, 2.75) is 0 Å². The van der Waals surface area contributed by atoms with Gasteiger partial charge < -0.3 is 0 Å². The van der Waals surface area contributed by atoms with Gasteiger partial charge in [0.05, 0.1) is 5.52 Å². The highest BCUT2D eigenvalue weighted by atomic mass is 127. The Bertz CT molecular complexity index is 384. The number of aromatic nitrogens is 1. The summed E-state index contributed by atoms with van der Waals surface area (Å²) < 4.78 is 1.25. The second-order valence-corrected chi connectivity index (χ2v) is 3.59. The molecule has 2 heteroatoms. The number of rotatable bonds is 0. The molecule has 0 amide bonds. The smallest absolute Gasteiger partial charge is 0.0702 e. The van der Waals surface area contributed by atoms with E-state index in [4.69, 9.17) is 0 Å². The molecule has 0 unspecified atom stereocenters. The number of pyridine rings is 1. The van der Waals surface area contributed by atoms with Gasteiger partial charge in [-0.1, -0.05) is 6.07 Å². The molecule has 0 atom stereocenters. The summed E-state index contributed by atoms with van der Waals surface area (Å²) in [4.78, 5) is 4.22. The lowest BCUT2D eigenvalue weighted by Crippen LogP contribution is -1.77. The van der Waals surface area contributed by atoms with Crippen LogP contribution in [0.2, 0.25) is 0 Å². The molecule has 1 aromatic carbocycles. The van der Waals surface area contributed by atoms with E-state index in [-0.39, 0.29) is 0 Å². The van der Waals surface area contributed by atoms with Gasteiger partial charge in [-0.25, -0.2) is 0 Å². The van der Waals surface area contributed by atoms with Crippen LogP contribution in [0.25, 0.3) is 10.9 Å². The Hall–Kier alpha value is -0.640. The maximum Gasteiger partial charge on any atom is 0.0702 e. The molecule has 0 saturated heterocycles. The average molecular weight is 255 g/mol. The third-order valence-electron chi connectivity index (χ3n) is 1.57. The molecule has 2 aromatic rings. The van der Waals surface area contributed by atoms with Crippen molar-refractivity contribution in [1.82, 2.24) is 4.98 Å². The van der Waals surface area contributed by atoms with Crippen LogP contribution < -0.4 is 0 Å². The van der Waals surface area contributed by atoms with Crippen LogP contribution in [0.5, 0.6) is 0 Å². The summed E-state index contributed by atoms with van der Waals surface area (Å²) in [7, 11) is 0. The Balaban J connectivity index is 2.83. The van der Waals surface area contributed by atoms with Gasteiger partial charge in [-0.05, 0) is 46.9 Å². The molecule has 0 aliphatic heterocycles. The third kappa shape index (κ3) is 1.35. The Morgan fingerprint density at radius 2 is 2.09 bits per heavy atom. The predicted molar refractivity (Wildman–Crippen MR) is 54.5 cm³/mol. The van der Waals surface area contributed by atoms with Gasteiger partial charge in [-0.3, -0.25) is 4.98 Å². The minimum absolute atomic E-state index is 1.06. The molecule has 0 saturated carbocycles. The van der Waals surface area contributed by atoms with Crippen LogP contribution in [0.1, 0.15) is 0 Å². The molecule has 0 radical (unpaired) electrons. The van der Waals surface area contributed by atoms with Gasteiger partial charge in [0.1, 0.15) is 0 Å². The van der Waals surface area contributed by atoms with E-state index >= 15 is 0 Å². The molecule has 11 heavy (non-hydrogen) atoms. The second kappa shape index (κ2) is 2.77. The quantitative estimate of drug-likeness (QED) is 0.659. The Morgan fingerprint density at radius 3 is 3.00 bits per heavy atom. The average Bonchev–Trinajstić information content (AvgIpc) is 2.04. The Kier molecular flexibility index (Phi) is 1.77. The van der Waals surface area contributed by atoms with Crippen LogP contribution in [0.15, 0.2) is 36.5 Å². The zero-order valence-corrected chi connectivity index (χ0v) is 7.95. The van der Waals surface area contributed by atoms with E-state index in [0.29, 0.717) is 0 Å². The molecule has 0 aliphatic carbocycles. The second-order valence-electron chi connectivity index (χ2n) is 2.34. The lowest BCUT2D eigenvalue weighted by molar-refractivity contribution is 1.41. The number of hydrogen-bond acceptors (Lipinski definition) is 1. The van der Waals surface area contributed by atoms with Crippen LogP contribution in [0.4, 0.5) is 0 Å². The van der Waals surface area contributed by atoms with Gasteiger partial charge in [0.25, 0.3) is 0 Å². The number of fused-ring (bicyclic) bond motifs is 1. The first kappa shape index (κ1) is 7.03. The van der Waals surface area contributed by atoms with Crippen molar-refractivity contribution < 1.29 is 0 Å². The van der Waals surface area contributed by atoms with Crippen molar-refractivity contribution in [2.75, 3.05) is 0 Å². The summed E-state index contributed by atoms with van der Waals surface area (Å²) in [6.45, 7) is 0. The first-order chi connectivity index (χ1) is 5.36. The van der Waals surface area contributed by atoms with Crippen molar-refractivity contribution in [3.63, 3.8) is 0 Å². The van der Waals surface area contributed by atoms with Gasteiger partial charge in [-0.2, -0.15) is 0 Å². The first-order valence-electron chi connectivity index (χ1n) is 3.36. The van der Waals surface area contributed by atoms with E-state index in [2.05, 4.69) is 45.8 Å². The Labute approximate surface area is 78.6 Å². The van der Waals surface area contributed by atoms with Crippen LogP contribution in [-0.4, -0.2) is 4.98 Å². The molecule has 0 spiro atoms. The lowest BCUT2D eigenvalue weighted by Gasteiger charge is -1.94. The Morgan fingerprint density at radius 1 is 1.18 bits per heavy atom. The molecule has 54 valence electrons. The van der Waals surface area contributed by atoms with Crippen molar-refractivity contribution in [1.29, 1.82) is 0 Å². The van der Waals surface area contributed by atoms with Crippen LogP contribution in [0, 0.1) is 3.57 Å². The summed E-state index contributed by atoms with van der Waals surface area (Å²) in [5.74, 6) is 0. The largest absolute Gasteiger partial charge is 0.256 e. The summed E-state index contributed by atoms with van der Waals surface area (Å²) >= 11 is 2.30.